The van der Waals surface area contributed by atoms with Crippen molar-refractivity contribution in [2.45, 2.75) is 57.3 Å². The predicted octanol–water partition coefficient (Wildman–Crippen LogP) is 4.26. The normalized spacial score (nSPS) is 29.8. The van der Waals surface area contributed by atoms with Crippen molar-refractivity contribution in [2.75, 3.05) is 6.61 Å². The Labute approximate surface area is 193 Å². The molecule has 4 aliphatic carbocycles. The van der Waals surface area contributed by atoms with Crippen LogP contribution in [0.4, 0.5) is 4.39 Å². The number of aliphatic hydroxyl groups is 1. The second-order valence-corrected chi connectivity index (χ2v) is 10.0. The minimum absolute atomic E-state index is 0.00332. The van der Waals surface area contributed by atoms with E-state index in [9.17, 15) is 19.1 Å². The molecule has 4 aliphatic rings. The second kappa shape index (κ2) is 8.65. The largest absolute Gasteiger partial charge is 0.390 e. The molecule has 0 aromatic heterocycles. The zero-order valence-electron chi connectivity index (χ0n) is 18.9. The van der Waals surface area contributed by atoms with Crippen LogP contribution in [-0.4, -0.2) is 35.0 Å². The Morgan fingerprint density at radius 3 is 2.48 bits per heavy atom. The van der Waals surface area contributed by atoms with Crippen LogP contribution < -0.4 is 5.32 Å². The predicted molar refractivity (Wildman–Crippen MR) is 121 cm³/mol. The van der Waals surface area contributed by atoms with Gasteiger partial charge in [0, 0.05) is 23.8 Å². The quantitative estimate of drug-likeness (QED) is 0.617. The van der Waals surface area contributed by atoms with Gasteiger partial charge >= 0.3 is 0 Å². The van der Waals surface area contributed by atoms with E-state index in [1.807, 2.05) is 6.92 Å². The lowest BCUT2D eigenvalue weighted by atomic mass is 9.52. The standard InChI is InChI=1S/C27H30FNO4/c1-2-33-15-20-11-17(25(30)22-5-3-4-6-23(22)28)7-8-21(20)26(31)29-24-18-9-16-10-19(24)14-27(32,12-16)13-18/h3-8,11,16,18-19,24,32H,2,9-10,12-15H2,1H3,(H,29,31). The average molecular weight is 452 g/mol. The molecule has 1 amide bonds. The van der Waals surface area contributed by atoms with Crippen LogP contribution in [0.5, 0.6) is 0 Å². The highest BCUT2D eigenvalue weighted by Crippen LogP contribution is 2.55. The molecule has 2 N–H and O–H groups in total. The SMILES string of the molecule is CCOCc1cc(C(=O)c2ccccc2F)ccc1C(=O)NC1C2CC3CC1CC(O)(C3)C2. The molecule has 0 saturated heterocycles. The first-order chi connectivity index (χ1) is 15.9. The molecule has 5 nitrogen and oxygen atoms in total. The Morgan fingerprint density at radius 1 is 1.09 bits per heavy atom. The Bertz CT molecular complexity index is 1070. The summed E-state index contributed by atoms with van der Waals surface area (Å²) >= 11 is 0. The van der Waals surface area contributed by atoms with Gasteiger partial charge in [-0.2, -0.15) is 0 Å². The molecule has 33 heavy (non-hydrogen) atoms. The fourth-order valence-corrected chi connectivity index (χ4v) is 6.53. The number of hydrogen-bond acceptors (Lipinski definition) is 4. The number of halogens is 1. The highest BCUT2D eigenvalue weighted by atomic mass is 19.1. The number of ketones is 1. The number of benzene rings is 2. The van der Waals surface area contributed by atoms with Crippen LogP contribution in [0.25, 0.3) is 0 Å². The summed E-state index contributed by atoms with van der Waals surface area (Å²) in [7, 11) is 0. The van der Waals surface area contributed by atoms with Crippen molar-refractivity contribution < 1.29 is 23.8 Å². The van der Waals surface area contributed by atoms with Crippen molar-refractivity contribution in [3.63, 3.8) is 0 Å². The van der Waals surface area contributed by atoms with Crippen molar-refractivity contribution in [3.05, 3.63) is 70.5 Å². The summed E-state index contributed by atoms with van der Waals surface area (Å²) in [5.74, 6) is 0.00751. The molecule has 0 radical (unpaired) electrons. The molecule has 2 atom stereocenters. The smallest absolute Gasteiger partial charge is 0.251 e. The van der Waals surface area contributed by atoms with Crippen LogP contribution >= 0.6 is 0 Å². The third kappa shape index (κ3) is 4.22. The number of carbonyl (C=O) groups excluding carboxylic acids is 2. The van der Waals surface area contributed by atoms with Crippen molar-refractivity contribution >= 4 is 11.7 Å². The van der Waals surface area contributed by atoms with Crippen LogP contribution in [0.3, 0.4) is 0 Å². The Hall–Kier alpha value is -2.57. The minimum atomic E-state index is -0.570. The van der Waals surface area contributed by atoms with E-state index in [2.05, 4.69) is 5.32 Å². The maximum atomic E-state index is 14.1. The molecule has 2 unspecified atom stereocenters. The molecule has 2 aromatic carbocycles. The highest BCUT2D eigenvalue weighted by molar-refractivity contribution is 6.10. The fraction of sp³-hybridized carbons (Fsp3) is 0.481. The Balaban J connectivity index is 1.39. The number of amides is 1. The van der Waals surface area contributed by atoms with Crippen molar-refractivity contribution in [2.24, 2.45) is 17.8 Å². The van der Waals surface area contributed by atoms with Gasteiger partial charge in [0.1, 0.15) is 5.82 Å². The van der Waals surface area contributed by atoms with E-state index in [1.54, 1.807) is 30.3 Å². The lowest BCUT2D eigenvalue weighted by molar-refractivity contribution is -0.136. The summed E-state index contributed by atoms with van der Waals surface area (Å²) in [6.07, 6.45) is 4.54. The minimum Gasteiger partial charge on any atom is -0.390 e. The van der Waals surface area contributed by atoms with Crippen molar-refractivity contribution in [3.8, 4) is 0 Å². The first-order valence-corrected chi connectivity index (χ1v) is 11.9. The number of hydrogen-bond donors (Lipinski definition) is 2. The summed E-state index contributed by atoms with van der Waals surface area (Å²) in [6.45, 7) is 2.53. The zero-order chi connectivity index (χ0) is 23.2. The van der Waals surface area contributed by atoms with Gasteiger partial charge in [0.05, 0.1) is 17.8 Å². The Morgan fingerprint density at radius 2 is 1.82 bits per heavy atom. The van der Waals surface area contributed by atoms with E-state index in [4.69, 9.17) is 4.74 Å². The number of ether oxygens (including phenoxy) is 1. The van der Waals surface area contributed by atoms with Crippen LogP contribution in [0.1, 0.15) is 70.9 Å². The van der Waals surface area contributed by atoms with E-state index in [1.165, 1.54) is 12.1 Å². The van der Waals surface area contributed by atoms with Gasteiger partial charge in [0.15, 0.2) is 5.78 Å². The average Bonchev–Trinajstić information content (AvgIpc) is 2.78. The van der Waals surface area contributed by atoms with Gasteiger partial charge in [-0.05, 0) is 86.6 Å². The zero-order valence-corrected chi connectivity index (χ0v) is 18.9. The third-order valence-corrected chi connectivity index (χ3v) is 7.73. The van der Waals surface area contributed by atoms with Gasteiger partial charge in [0.2, 0.25) is 0 Å². The molecule has 0 aliphatic heterocycles. The van der Waals surface area contributed by atoms with Crippen molar-refractivity contribution in [1.29, 1.82) is 0 Å². The van der Waals surface area contributed by atoms with Crippen LogP contribution in [0.15, 0.2) is 42.5 Å². The summed E-state index contributed by atoms with van der Waals surface area (Å²) in [5, 5.41) is 14.1. The van der Waals surface area contributed by atoms with E-state index in [0.29, 0.717) is 41.1 Å². The van der Waals surface area contributed by atoms with E-state index < -0.39 is 17.2 Å². The van der Waals surface area contributed by atoms with E-state index >= 15 is 0 Å². The lowest BCUT2D eigenvalue weighted by Gasteiger charge is -2.58. The number of carbonyl (C=O) groups is 2. The van der Waals surface area contributed by atoms with Gasteiger partial charge in [0.25, 0.3) is 5.91 Å². The molecule has 6 rings (SSSR count). The molecule has 0 spiro atoms. The van der Waals surface area contributed by atoms with Gasteiger partial charge in [-0.1, -0.05) is 18.2 Å². The van der Waals surface area contributed by atoms with Crippen LogP contribution in [0.2, 0.25) is 0 Å². The van der Waals surface area contributed by atoms with Gasteiger partial charge in [-0.25, -0.2) is 4.39 Å². The van der Waals surface area contributed by atoms with Gasteiger partial charge in [-0.15, -0.1) is 0 Å². The maximum absolute atomic E-state index is 14.1. The van der Waals surface area contributed by atoms with E-state index in [0.717, 1.165) is 32.1 Å². The molecule has 0 heterocycles. The molecule has 4 saturated carbocycles. The molecule has 2 aromatic rings. The second-order valence-electron chi connectivity index (χ2n) is 10.0. The third-order valence-electron chi connectivity index (χ3n) is 7.73. The lowest BCUT2D eigenvalue weighted by Crippen LogP contribution is -2.61. The monoisotopic (exact) mass is 451 g/mol. The first-order valence-electron chi connectivity index (χ1n) is 11.9. The van der Waals surface area contributed by atoms with Gasteiger partial charge in [-0.3, -0.25) is 9.59 Å². The summed E-state index contributed by atoms with van der Waals surface area (Å²) < 4.78 is 19.7. The molecule has 6 heteroatoms. The van der Waals surface area contributed by atoms with E-state index in [-0.39, 0.29) is 24.1 Å². The molecule has 4 fully saturated rings. The Kier molecular flexibility index (Phi) is 5.83. The highest BCUT2D eigenvalue weighted by Gasteiger charge is 2.55. The first kappa shape index (κ1) is 22.2. The summed E-state index contributed by atoms with van der Waals surface area (Å²) in [5.41, 5.74) is 0.860. The van der Waals surface area contributed by atoms with Crippen LogP contribution in [0, 0.1) is 23.6 Å². The number of rotatable bonds is 7. The summed E-state index contributed by atoms with van der Waals surface area (Å²) in [4.78, 5) is 26.2. The fourth-order valence-electron chi connectivity index (χ4n) is 6.53. The maximum Gasteiger partial charge on any atom is 0.251 e. The summed E-state index contributed by atoms with van der Waals surface area (Å²) in [6, 6.07) is 10.8. The molecule has 174 valence electrons. The topological polar surface area (TPSA) is 75.6 Å². The molecular formula is C27H30FNO4. The number of nitrogens with one attached hydrogen (secondary N) is 1. The van der Waals surface area contributed by atoms with Crippen LogP contribution in [-0.2, 0) is 11.3 Å². The molecular weight excluding hydrogens is 421 g/mol. The molecule has 4 bridgehead atoms. The van der Waals surface area contributed by atoms with Crippen molar-refractivity contribution in [1.82, 2.24) is 5.32 Å². The van der Waals surface area contributed by atoms with Gasteiger partial charge < -0.3 is 15.2 Å².